The number of hydrogen-bond acceptors (Lipinski definition) is 9. The van der Waals surface area contributed by atoms with E-state index in [1.165, 1.54) is 12.1 Å². The Morgan fingerprint density at radius 2 is 2.02 bits per heavy atom. The third kappa shape index (κ3) is 6.05. The number of amidine groups is 1. The van der Waals surface area contributed by atoms with Crippen LogP contribution in [0.1, 0.15) is 40.3 Å². The van der Waals surface area contributed by atoms with Gasteiger partial charge in [-0.25, -0.2) is 14.4 Å². The summed E-state index contributed by atoms with van der Waals surface area (Å²) < 4.78 is 69.0. The van der Waals surface area contributed by atoms with E-state index in [1.807, 2.05) is 9.47 Å². The number of fused-ring (bicyclic) bond motifs is 2. The lowest BCUT2D eigenvalue weighted by Crippen LogP contribution is -2.34. The molecule has 2 aliphatic heterocycles. The van der Waals surface area contributed by atoms with E-state index in [0.29, 0.717) is 60.9 Å². The summed E-state index contributed by atoms with van der Waals surface area (Å²) in [6.45, 7) is 1.70. The molecule has 11 nitrogen and oxygen atoms in total. The summed E-state index contributed by atoms with van der Waals surface area (Å²) in [4.78, 5) is 11.0. The zero-order valence-electron chi connectivity index (χ0n) is 22.5. The Morgan fingerprint density at radius 3 is 2.72 bits per heavy atom. The van der Waals surface area contributed by atoms with Crippen LogP contribution >= 0.6 is 11.6 Å². The maximum atomic E-state index is 14.3. The van der Waals surface area contributed by atoms with Crippen LogP contribution in [0.4, 0.5) is 17.6 Å². The van der Waals surface area contributed by atoms with Gasteiger partial charge in [-0.2, -0.15) is 13.2 Å². The molecule has 0 radical (unpaired) electrons. The van der Waals surface area contributed by atoms with E-state index in [-0.39, 0.29) is 34.8 Å². The maximum Gasteiger partial charge on any atom is 0.421 e. The molecule has 0 saturated carbocycles. The topological polar surface area (TPSA) is 137 Å². The maximum absolute atomic E-state index is 14.3. The van der Waals surface area contributed by atoms with Gasteiger partial charge in [0.25, 0.3) is 0 Å². The molecule has 0 amide bonds. The molecule has 43 heavy (non-hydrogen) atoms. The highest BCUT2D eigenvalue weighted by Crippen LogP contribution is 2.38. The Balaban J connectivity index is 1.27. The van der Waals surface area contributed by atoms with Crippen molar-refractivity contribution >= 4 is 28.6 Å². The van der Waals surface area contributed by atoms with Crippen molar-refractivity contribution in [1.29, 1.82) is 0 Å². The van der Waals surface area contributed by atoms with Crippen LogP contribution in [0.15, 0.2) is 35.5 Å². The van der Waals surface area contributed by atoms with E-state index in [4.69, 9.17) is 37.0 Å². The van der Waals surface area contributed by atoms with Crippen LogP contribution in [0.3, 0.4) is 0 Å². The predicted molar refractivity (Wildman–Crippen MR) is 145 cm³/mol. The van der Waals surface area contributed by atoms with Gasteiger partial charge in [0, 0.05) is 30.3 Å². The van der Waals surface area contributed by atoms with Gasteiger partial charge in [-0.1, -0.05) is 22.8 Å². The zero-order valence-corrected chi connectivity index (χ0v) is 23.2. The second kappa shape index (κ2) is 11.5. The van der Waals surface area contributed by atoms with E-state index in [1.54, 1.807) is 6.07 Å². The number of alkyl halides is 3. The van der Waals surface area contributed by atoms with E-state index in [2.05, 4.69) is 20.3 Å². The lowest BCUT2D eigenvalue weighted by molar-refractivity contribution is -0.139. The molecule has 226 valence electrons. The van der Waals surface area contributed by atoms with Crippen LogP contribution in [0.25, 0.3) is 11.2 Å². The van der Waals surface area contributed by atoms with Crippen LogP contribution in [0.2, 0.25) is 5.02 Å². The Morgan fingerprint density at radius 1 is 1.21 bits per heavy atom. The fourth-order valence-electron chi connectivity index (χ4n) is 5.02. The number of aromatic nitrogens is 5. The summed E-state index contributed by atoms with van der Waals surface area (Å²) in [5.74, 6) is -0.880. The number of ether oxygens (including phenoxy) is 2. The minimum atomic E-state index is -4.72. The summed E-state index contributed by atoms with van der Waals surface area (Å²) in [6, 6.07) is 6.47. The van der Waals surface area contributed by atoms with Gasteiger partial charge >= 0.3 is 6.18 Å². The third-order valence-electron chi connectivity index (χ3n) is 7.40. The number of pyridine rings is 1. The van der Waals surface area contributed by atoms with Crippen molar-refractivity contribution in [2.75, 3.05) is 13.2 Å². The van der Waals surface area contributed by atoms with Crippen molar-refractivity contribution in [2.45, 2.75) is 51.4 Å². The minimum absolute atomic E-state index is 0.0172. The lowest BCUT2D eigenvalue weighted by atomic mass is 10.0. The van der Waals surface area contributed by atoms with E-state index in [9.17, 15) is 17.6 Å². The van der Waals surface area contributed by atoms with Crippen molar-refractivity contribution in [3.63, 3.8) is 0 Å². The van der Waals surface area contributed by atoms with Gasteiger partial charge in [0.15, 0.2) is 11.5 Å². The average Bonchev–Trinajstić information content (AvgIpc) is 3.28. The molecule has 0 unspecified atom stereocenters. The third-order valence-corrected chi connectivity index (χ3v) is 7.63. The number of nitrogens with zero attached hydrogens (tertiary/aromatic N) is 7. The molecule has 1 atom stereocenters. The summed E-state index contributed by atoms with van der Waals surface area (Å²) in [5, 5.41) is 20.4. The van der Waals surface area contributed by atoms with Crippen molar-refractivity contribution in [2.24, 2.45) is 10.9 Å². The first-order valence-corrected chi connectivity index (χ1v) is 13.7. The molecule has 1 saturated heterocycles. The molecule has 3 N–H and O–H groups in total. The van der Waals surface area contributed by atoms with Gasteiger partial charge in [0.05, 0.1) is 24.9 Å². The molecule has 3 aromatic heterocycles. The summed E-state index contributed by atoms with van der Waals surface area (Å²) in [7, 11) is 0. The van der Waals surface area contributed by atoms with E-state index < -0.39 is 30.0 Å². The first kappa shape index (κ1) is 29.0. The molecule has 0 spiro atoms. The Labute approximate surface area is 246 Å². The van der Waals surface area contributed by atoms with Crippen LogP contribution in [-0.4, -0.2) is 59.9 Å². The van der Waals surface area contributed by atoms with Gasteiger partial charge in [-0.05, 0) is 42.7 Å². The first-order chi connectivity index (χ1) is 20.6. The van der Waals surface area contributed by atoms with Gasteiger partial charge < -0.3 is 25.0 Å². The highest BCUT2D eigenvalue weighted by atomic mass is 35.5. The largest absolute Gasteiger partial charge is 0.472 e. The molecule has 16 heteroatoms. The van der Waals surface area contributed by atoms with Crippen molar-refractivity contribution in [3.05, 3.63) is 75.1 Å². The van der Waals surface area contributed by atoms with Crippen LogP contribution < -0.4 is 10.5 Å². The highest BCUT2D eigenvalue weighted by molar-refractivity contribution is 6.30. The van der Waals surface area contributed by atoms with E-state index >= 15 is 0 Å². The monoisotopic (exact) mass is 620 g/mol. The number of hydrogen-bond donors (Lipinski definition) is 2. The number of halogens is 5. The van der Waals surface area contributed by atoms with Crippen LogP contribution in [0, 0.1) is 5.82 Å². The summed E-state index contributed by atoms with van der Waals surface area (Å²) >= 11 is 5.78. The lowest BCUT2D eigenvalue weighted by Gasteiger charge is -2.30. The quantitative estimate of drug-likeness (QED) is 0.0982. The molecule has 4 aromatic rings. The standard InChI is InChI=1S/C27H25ClF4N8O3/c28-16-2-1-15(19(29)8-16)13-43-26-18(27(30,31)32)7-14-3-5-39(11-22(14)35-26)12-23-34-21-9-20(24(33)38-41)36-37-25(21)40(23)10-17-4-6-42-17/h1-2,7-9,17,41H,3-6,10-13H2,(H2,33,38)/t17-/m0/s1. The summed E-state index contributed by atoms with van der Waals surface area (Å²) in [6.07, 6.45) is -3.54. The molecule has 0 bridgehead atoms. The fraction of sp³-hybridized carbons (Fsp3) is 0.370. The first-order valence-electron chi connectivity index (χ1n) is 13.3. The normalized spacial score (nSPS) is 17.6. The number of imidazole rings is 1. The van der Waals surface area contributed by atoms with Gasteiger partial charge in [0.1, 0.15) is 35.0 Å². The smallest absolute Gasteiger partial charge is 0.421 e. The Hall–Kier alpha value is -4.08. The van der Waals surface area contributed by atoms with Crippen molar-refractivity contribution in [3.8, 4) is 5.88 Å². The summed E-state index contributed by atoms with van der Waals surface area (Å²) in [5.41, 5.74) is 6.73. The number of oxime groups is 1. The molecule has 6 rings (SSSR count). The van der Waals surface area contributed by atoms with Crippen LogP contribution in [-0.2, 0) is 43.6 Å². The molecule has 0 aliphatic carbocycles. The Bertz CT molecular complexity index is 1710. The molecular formula is C27H25ClF4N8O3. The van der Waals surface area contributed by atoms with Gasteiger partial charge in [0.2, 0.25) is 5.88 Å². The Kier molecular flexibility index (Phi) is 7.79. The SMILES string of the molecule is N/C(=N\O)c1cc2nc(CN3CCc4cc(C(F)(F)F)c(OCc5ccc(Cl)cc5F)nc4C3)n(C[C@@H]3CCO3)c2nn1. The second-order valence-corrected chi connectivity index (χ2v) is 10.7. The molecular weight excluding hydrogens is 596 g/mol. The average molecular weight is 621 g/mol. The van der Waals surface area contributed by atoms with Gasteiger partial charge in [-0.15, -0.1) is 10.2 Å². The number of nitrogens with two attached hydrogens (primary N) is 1. The van der Waals surface area contributed by atoms with Crippen LogP contribution in [0.5, 0.6) is 5.88 Å². The molecule has 5 heterocycles. The number of rotatable bonds is 8. The van der Waals surface area contributed by atoms with Crippen molar-refractivity contribution in [1.82, 2.24) is 29.6 Å². The molecule has 1 aromatic carbocycles. The molecule has 1 fully saturated rings. The minimum Gasteiger partial charge on any atom is -0.472 e. The van der Waals surface area contributed by atoms with Gasteiger partial charge in [-0.3, -0.25) is 4.90 Å². The fourth-order valence-corrected chi connectivity index (χ4v) is 5.18. The van der Waals surface area contributed by atoms with E-state index in [0.717, 1.165) is 18.6 Å². The van der Waals surface area contributed by atoms with Crippen molar-refractivity contribution < 1.29 is 32.2 Å². The number of benzene rings is 1. The molecule has 2 aliphatic rings. The predicted octanol–water partition coefficient (Wildman–Crippen LogP) is 4.05. The second-order valence-electron chi connectivity index (χ2n) is 10.3. The zero-order chi connectivity index (χ0) is 30.3. The highest BCUT2D eigenvalue weighted by Gasteiger charge is 2.37.